The number of carboxylic acid groups (broad SMARTS) is 1. The highest BCUT2D eigenvalue weighted by atomic mass is 32.2. The second-order valence-electron chi connectivity index (χ2n) is 7.76. The maximum Gasteiger partial charge on any atom is 0.335 e. The SMILES string of the molecule is CC(=O)SCC(Cc1ccccc1)C(=O)Nc1cc(C(=O)O)ccc1N1CCCCC1. The normalized spacial score (nSPS) is 14.7. The third kappa shape index (κ3) is 6.59. The van der Waals surface area contributed by atoms with Crippen LogP contribution >= 0.6 is 11.8 Å². The van der Waals surface area contributed by atoms with Crippen LogP contribution in [0.25, 0.3) is 0 Å². The molecule has 31 heavy (non-hydrogen) atoms. The van der Waals surface area contributed by atoms with Gasteiger partial charge in [-0.3, -0.25) is 9.59 Å². The summed E-state index contributed by atoms with van der Waals surface area (Å²) in [5.74, 6) is -1.29. The molecule has 0 aliphatic carbocycles. The number of carbonyl (C=O) groups excluding carboxylic acids is 2. The smallest absolute Gasteiger partial charge is 0.335 e. The van der Waals surface area contributed by atoms with E-state index >= 15 is 0 Å². The fourth-order valence-electron chi connectivity index (χ4n) is 3.76. The summed E-state index contributed by atoms with van der Waals surface area (Å²) in [5, 5.41) is 12.4. The Morgan fingerprint density at radius 2 is 1.77 bits per heavy atom. The van der Waals surface area contributed by atoms with E-state index < -0.39 is 11.9 Å². The molecule has 0 radical (unpaired) electrons. The minimum absolute atomic E-state index is 0.0345. The molecule has 2 N–H and O–H groups in total. The number of hydrogen-bond acceptors (Lipinski definition) is 5. The van der Waals surface area contributed by atoms with E-state index in [9.17, 15) is 19.5 Å². The number of amides is 1. The zero-order chi connectivity index (χ0) is 22.2. The third-order valence-corrected chi connectivity index (χ3v) is 6.36. The van der Waals surface area contributed by atoms with Crippen LogP contribution in [0.4, 0.5) is 11.4 Å². The zero-order valence-electron chi connectivity index (χ0n) is 17.7. The molecular weight excluding hydrogens is 412 g/mol. The lowest BCUT2D eigenvalue weighted by Gasteiger charge is -2.31. The quantitative estimate of drug-likeness (QED) is 0.631. The van der Waals surface area contributed by atoms with E-state index in [4.69, 9.17) is 0 Å². The van der Waals surface area contributed by atoms with Gasteiger partial charge in [-0.1, -0.05) is 42.1 Å². The maximum atomic E-state index is 13.2. The summed E-state index contributed by atoms with van der Waals surface area (Å²) < 4.78 is 0. The molecule has 0 saturated carbocycles. The van der Waals surface area contributed by atoms with E-state index in [1.165, 1.54) is 19.4 Å². The Bertz CT molecular complexity index is 926. The minimum Gasteiger partial charge on any atom is -0.478 e. The number of carboxylic acids is 1. The molecule has 1 fully saturated rings. The highest BCUT2D eigenvalue weighted by molar-refractivity contribution is 8.13. The van der Waals surface area contributed by atoms with Gasteiger partial charge in [-0.2, -0.15) is 0 Å². The molecule has 0 spiro atoms. The molecule has 0 bridgehead atoms. The molecule has 3 rings (SSSR count). The number of carbonyl (C=O) groups is 3. The lowest BCUT2D eigenvalue weighted by Crippen LogP contribution is -2.32. The number of aromatic carboxylic acids is 1. The van der Waals surface area contributed by atoms with E-state index in [0.29, 0.717) is 17.9 Å². The average Bonchev–Trinajstić information content (AvgIpc) is 2.77. The molecule has 7 heteroatoms. The summed E-state index contributed by atoms with van der Waals surface area (Å²) in [5.41, 5.74) is 2.50. The van der Waals surface area contributed by atoms with Crippen LogP contribution in [-0.2, 0) is 16.0 Å². The summed E-state index contributed by atoms with van der Waals surface area (Å²) >= 11 is 1.13. The summed E-state index contributed by atoms with van der Waals surface area (Å²) in [4.78, 5) is 38.5. The van der Waals surface area contributed by atoms with Crippen LogP contribution in [0, 0.1) is 5.92 Å². The Balaban J connectivity index is 1.85. The number of thioether (sulfide) groups is 1. The van der Waals surface area contributed by atoms with E-state index in [0.717, 1.165) is 48.9 Å². The summed E-state index contributed by atoms with van der Waals surface area (Å²) in [7, 11) is 0. The van der Waals surface area contributed by atoms with Crippen molar-refractivity contribution < 1.29 is 19.5 Å². The van der Waals surface area contributed by atoms with Crippen LogP contribution in [0.5, 0.6) is 0 Å². The Morgan fingerprint density at radius 1 is 1.06 bits per heavy atom. The van der Waals surface area contributed by atoms with Crippen molar-refractivity contribution in [2.24, 2.45) is 5.92 Å². The molecule has 1 amide bonds. The van der Waals surface area contributed by atoms with Crippen LogP contribution in [0.1, 0.15) is 42.1 Å². The molecule has 1 aliphatic rings. The average molecular weight is 441 g/mol. The number of hydrogen-bond donors (Lipinski definition) is 2. The zero-order valence-corrected chi connectivity index (χ0v) is 18.5. The first-order valence-electron chi connectivity index (χ1n) is 10.5. The Labute approximate surface area is 187 Å². The molecule has 1 saturated heterocycles. The number of nitrogens with zero attached hydrogens (tertiary/aromatic N) is 1. The number of benzene rings is 2. The number of piperidine rings is 1. The Kier molecular flexibility index (Phi) is 8.12. The van der Waals surface area contributed by atoms with Gasteiger partial charge in [-0.15, -0.1) is 0 Å². The molecule has 1 atom stereocenters. The van der Waals surface area contributed by atoms with Crippen molar-refractivity contribution in [2.45, 2.75) is 32.6 Å². The van der Waals surface area contributed by atoms with Gasteiger partial charge in [0.05, 0.1) is 22.9 Å². The molecule has 2 aromatic carbocycles. The Hall–Kier alpha value is -2.80. The Morgan fingerprint density at radius 3 is 2.42 bits per heavy atom. The first-order chi connectivity index (χ1) is 14.9. The van der Waals surface area contributed by atoms with Crippen LogP contribution in [-0.4, -0.2) is 40.9 Å². The van der Waals surface area contributed by atoms with Gasteiger partial charge >= 0.3 is 5.97 Å². The lowest BCUT2D eigenvalue weighted by molar-refractivity contribution is -0.119. The molecule has 164 valence electrons. The second kappa shape index (κ2) is 11.0. The molecule has 1 unspecified atom stereocenters. The van der Waals surface area contributed by atoms with E-state index in [1.54, 1.807) is 12.1 Å². The van der Waals surface area contributed by atoms with E-state index in [-0.39, 0.29) is 16.6 Å². The largest absolute Gasteiger partial charge is 0.478 e. The summed E-state index contributed by atoms with van der Waals surface area (Å²) in [6, 6.07) is 14.6. The number of anilines is 2. The topological polar surface area (TPSA) is 86.7 Å². The van der Waals surface area contributed by atoms with Crippen molar-refractivity contribution >= 4 is 40.1 Å². The first-order valence-corrected chi connectivity index (χ1v) is 11.5. The van der Waals surface area contributed by atoms with Gasteiger partial charge in [0.1, 0.15) is 0 Å². The van der Waals surface area contributed by atoms with Gasteiger partial charge in [-0.25, -0.2) is 4.79 Å². The lowest BCUT2D eigenvalue weighted by atomic mass is 10.00. The van der Waals surface area contributed by atoms with Gasteiger partial charge in [0.25, 0.3) is 0 Å². The van der Waals surface area contributed by atoms with Crippen LogP contribution in [0.3, 0.4) is 0 Å². The third-order valence-electron chi connectivity index (χ3n) is 5.38. The van der Waals surface area contributed by atoms with Crippen LogP contribution in [0.15, 0.2) is 48.5 Å². The fourth-order valence-corrected chi connectivity index (χ4v) is 4.46. The van der Waals surface area contributed by atoms with E-state index in [2.05, 4.69) is 10.2 Å². The first kappa shape index (κ1) is 22.9. The monoisotopic (exact) mass is 440 g/mol. The molecule has 2 aromatic rings. The number of nitrogens with one attached hydrogen (secondary N) is 1. The van der Waals surface area contributed by atoms with Crippen molar-refractivity contribution in [3.05, 3.63) is 59.7 Å². The van der Waals surface area contributed by atoms with Gasteiger partial charge < -0.3 is 15.3 Å². The van der Waals surface area contributed by atoms with Gasteiger partial charge in [0.2, 0.25) is 5.91 Å². The molecule has 6 nitrogen and oxygen atoms in total. The fraction of sp³-hybridized carbons (Fsp3) is 0.375. The van der Waals surface area contributed by atoms with Crippen molar-refractivity contribution in [1.29, 1.82) is 0 Å². The molecule has 1 aliphatic heterocycles. The van der Waals surface area contributed by atoms with Crippen molar-refractivity contribution in [3.8, 4) is 0 Å². The second-order valence-corrected chi connectivity index (χ2v) is 8.96. The number of rotatable bonds is 8. The molecule has 0 aromatic heterocycles. The van der Waals surface area contributed by atoms with Crippen molar-refractivity contribution in [2.75, 3.05) is 29.1 Å². The van der Waals surface area contributed by atoms with Crippen molar-refractivity contribution in [3.63, 3.8) is 0 Å². The van der Waals surface area contributed by atoms with Gasteiger partial charge in [0.15, 0.2) is 5.12 Å². The van der Waals surface area contributed by atoms with Crippen LogP contribution < -0.4 is 10.2 Å². The standard InChI is InChI=1S/C24H28N2O4S/c1-17(27)31-16-20(14-18-8-4-2-5-9-18)23(28)25-21-15-19(24(29)30)10-11-22(21)26-12-6-3-7-13-26/h2,4-5,8-11,15,20H,3,6-7,12-14,16H2,1H3,(H,25,28)(H,29,30). The predicted molar refractivity (Wildman–Crippen MR) is 125 cm³/mol. The minimum atomic E-state index is -1.03. The molecular formula is C24H28N2O4S. The van der Waals surface area contributed by atoms with Crippen LogP contribution in [0.2, 0.25) is 0 Å². The highest BCUT2D eigenvalue weighted by Crippen LogP contribution is 2.31. The maximum absolute atomic E-state index is 13.2. The molecule has 1 heterocycles. The van der Waals surface area contributed by atoms with Crippen molar-refractivity contribution in [1.82, 2.24) is 0 Å². The van der Waals surface area contributed by atoms with Gasteiger partial charge in [0, 0.05) is 25.8 Å². The predicted octanol–water partition coefficient (Wildman–Crippen LogP) is 4.45. The van der Waals surface area contributed by atoms with Gasteiger partial charge in [-0.05, 0) is 49.4 Å². The summed E-state index contributed by atoms with van der Waals surface area (Å²) in [6.45, 7) is 3.25. The van der Waals surface area contributed by atoms with E-state index in [1.807, 2.05) is 30.3 Å². The highest BCUT2D eigenvalue weighted by Gasteiger charge is 2.23. The summed E-state index contributed by atoms with van der Waals surface area (Å²) in [6.07, 6.45) is 3.82.